The first kappa shape index (κ1) is 10.1. The molecule has 0 saturated heterocycles. The minimum atomic E-state index is -1.58. The average molecular weight is 187 g/mol. The van der Waals surface area contributed by atoms with Crippen LogP contribution in [0.1, 0.15) is 32.5 Å². The Balaban J connectivity index is 2.75. The van der Waals surface area contributed by atoms with E-state index in [0.717, 1.165) is 0 Å². The number of rotatable bonds is 3. The molecule has 2 N–H and O–H groups in total. The van der Waals surface area contributed by atoms with Crippen molar-refractivity contribution in [1.82, 2.24) is 10.1 Å². The SMILES string of the molecule is CC(N)Cc1noc(C(C)(C)F)n1. The van der Waals surface area contributed by atoms with Crippen LogP contribution in [0.3, 0.4) is 0 Å². The molecule has 1 unspecified atom stereocenters. The molecule has 0 bridgehead atoms. The van der Waals surface area contributed by atoms with Gasteiger partial charge in [-0.15, -0.1) is 0 Å². The number of nitrogens with zero attached hydrogens (tertiary/aromatic N) is 2. The van der Waals surface area contributed by atoms with Crippen molar-refractivity contribution in [1.29, 1.82) is 0 Å². The summed E-state index contributed by atoms with van der Waals surface area (Å²) in [5.74, 6) is 0.457. The van der Waals surface area contributed by atoms with Crippen molar-refractivity contribution in [3.63, 3.8) is 0 Å². The molecule has 1 aromatic rings. The lowest BCUT2D eigenvalue weighted by molar-refractivity contribution is 0.155. The van der Waals surface area contributed by atoms with Gasteiger partial charge in [0.25, 0.3) is 5.89 Å². The van der Waals surface area contributed by atoms with E-state index in [1.54, 1.807) is 0 Å². The summed E-state index contributed by atoms with van der Waals surface area (Å²) >= 11 is 0. The van der Waals surface area contributed by atoms with E-state index in [1.807, 2.05) is 6.92 Å². The molecule has 1 aromatic heterocycles. The summed E-state index contributed by atoms with van der Waals surface area (Å²) in [4.78, 5) is 3.89. The van der Waals surface area contributed by atoms with E-state index in [4.69, 9.17) is 10.3 Å². The summed E-state index contributed by atoms with van der Waals surface area (Å²) in [6.45, 7) is 4.57. The van der Waals surface area contributed by atoms with Gasteiger partial charge in [0.1, 0.15) is 0 Å². The first-order valence-electron chi connectivity index (χ1n) is 4.17. The van der Waals surface area contributed by atoms with E-state index in [0.29, 0.717) is 12.2 Å². The Morgan fingerprint density at radius 2 is 2.23 bits per heavy atom. The number of hydrogen-bond donors (Lipinski definition) is 1. The molecule has 4 nitrogen and oxygen atoms in total. The summed E-state index contributed by atoms with van der Waals surface area (Å²) in [6, 6.07) is -0.0480. The monoisotopic (exact) mass is 187 g/mol. The number of alkyl halides is 1. The maximum atomic E-state index is 13.2. The lowest BCUT2D eigenvalue weighted by Gasteiger charge is -2.05. The van der Waals surface area contributed by atoms with E-state index in [2.05, 4.69) is 10.1 Å². The van der Waals surface area contributed by atoms with Crippen LogP contribution in [0.5, 0.6) is 0 Å². The molecule has 5 heteroatoms. The zero-order chi connectivity index (χ0) is 10.1. The van der Waals surface area contributed by atoms with Crippen molar-refractivity contribution in [2.45, 2.75) is 38.9 Å². The molecule has 0 aliphatic carbocycles. The molecule has 1 atom stereocenters. The van der Waals surface area contributed by atoms with Crippen molar-refractivity contribution in [3.05, 3.63) is 11.7 Å². The van der Waals surface area contributed by atoms with Crippen LogP contribution in [0, 0.1) is 0 Å². The predicted octanol–water partition coefficient (Wildman–Crippen LogP) is 1.16. The first-order valence-corrected chi connectivity index (χ1v) is 4.17. The van der Waals surface area contributed by atoms with Gasteiger partial charge in [-0.25, -0.2) is 4.39 Å². The fourth-order valence-corrected chi connectivity index (χ4v) is 0.866. The maximum Gasteiger partial charge on any atom is 0.263 e. The largest absolute Gasteiger partial charge is 0.336 e. The van der Waals surface area contributed by atoms with Crippen molar-refractivity contribution < 1.29 is 8.91 Å². The lowest BCUT2D eigenvalue weighted by Crippen LogP contribution is -2.18. The quantitative estimate of drug-likeness (QED) is 0.771. The van der Waals surface area contributed by atoms with E-state index in [1.165, 1.54) is 13.8 Å². The predicted molar refractivity (Wildman–Crippen MR) is 45.8 cm³/mol. The standard InChI is InChI=1S/C8H14FN3O/c1-5(10)4-6-11-7(13-12-6)8(2,3)9/h5H,4,10H2,1-3H3. The van der Waals surface area contributed by atoms with Crippen LogP contribution in [0.2, 0.25) is 0 Å². The fraction of sp³-hybridized carbons (Fsp3) is 0.750. The third-order valence-corrected chi connectivity index (χ3v) is 1.48. The van der Waals surface area contributed by atoms with E-state index >= 15 is 0 Å². The Kier molecular flexibility index (Phi) is 2.66. The Morgan fingerprint density at radius 1 is 1.62 bits per heavy atom. The summed E-state index contributed by atoms with van der Waals surface area (Å²) in [5, 5.41) is 3.62. The number of hydrogen-bond acceptors (Lipinski definition) is 4. The van der Waals surface area contributed by atoms with Crippen LogP contribution in [0.4, 0.5) is 4.39 Å². The number of aromatic nitrogens is 2. The highest BCUT2D eigenvalue weighted by Gasteiger charge is 2.26. The molecule has 0 aliphatic heterocycles. The molecule has 1 rings (SSSR count). The highest BCUT2D eigenvalue weighted by atomic mass is 19.1. The van der Waals surface area contributed by atoms with Gasteiger partial charge in [-0.3, -0.25) is 0 Å². The fourth-order valence-electron chi connectivity index (χ4n) is 0.866. The lowest BCUT2D eigenvalue weighted by atomic mass is 10.2. The summed E-state index contributed by atoms with van der Waals surface area (Å²) in [5.41, 5.74) is 3.95. The van der Waals surface area contributed by atoms with Gasteiger partial charge in [-0.1, -0.05) is 5.16 Å². The van der Waals surface area contributed by atoms with Gasteiger partial charge >= 0.3 is 0 Å². The van der Waals surface area contributed by atoms with Gasteiger partial charge in [0.05, 0.1) is 0 Å². The molecule has 0 aromatic carbocycles. The maximum absolute atomic E-state index is 13.2. The van der Waals surface area contributed by atoms with Crippen LogP contribution >= 0.6 is 0 Å². The first-order chi connectivity index (χ1) is 5.89. The Bertz CT molecular complexity index is 277. The molecule has 0 amide bonds. The van der Waals surface area contributed by atoms with E-state index < -0.39 is 5.67 Å². The Hall–Kier alpha value is -0.970. The Morgan fingerprint density at radius 3 is 2.62 bits per heavy atom. The third-order valence-electron chi connectivity index (χ3n) is 1.48. The molecule has 0 saturated carbocycles. The summed E-state index contributed by atoms with van der Waals surface area (Å²) in [7, 11) is 0. The highest BCUT2D eigenvalue weighted by Crippen LogP contribution is 2.22. The molecule has 0 spiro atoms. The number of nitrogens with two attached hydrogens (primary N) is 1. The van der Waals surface area contributed by atoms with Gasteiger partial charge in [-0.05, 0) is 20.8 Å². The normalized spacial score (nSPS) is 14.5. The third kappa shape index (κ3) is 2.77. The van der Waals surface area contributed by atoms with Crippen molar-refractivity contribution in [3.8, 4) is 0 Å². The van der Waals surface area contributed by atoms with Crippen LogP contribution in [-0.4, -0.2) is 16.2 Å². The zero-order valence-electron chi connectivity index (χ0n) is 8.04. The van der Waals surface area contributed by atoms with Crippen LogP contribution in [-0.2, 0) is 12.1 Å². The minimum absolute atomic E-state index is 0.00292. The molecule has 74 valence electrons. The van der Waals surface area contributed by atoms with E-state index in [-0.39, 0.29) is 11.9 Å². The molecule has 0 fully saturated rings. The molecular weight excluding hydrogens is 173 g/mol. The number of halogens is 1. The van der Waals surface area contributed by atoms with E-state index in [9.17, 15) is 4.39 Å². The smallest absolute Gasteiger partial charge is 0.263 e. The van der Waals surface area contributed by atoms with Crippen molar-refractivity contribution in [2.75, 3.05) is 0 Å². The van der Waals surface area contributed by atoms with Gasteiger partial charge in [-0.2, -0.15) is 4.98 Å². The average Bonchev–Trinajstić information content (AvgIpc) is 2.32. The molecule has 0 aliphatic rings. The van der Waals surface area contributed by atoms with Gasteiger partial charge in [0.2, 0.25) is 0 Å². The van der Waals surface area contributed by atoms with Gasteiger partial charge in [0, 0.05) is 12.5 Å². The second-order valence-electron chi connectivity index (χ2n) is 3.67. The molecular formula is C8H14FN3O. The summed E-state index contributed by atoms with van der Waals surface area (Å²) < 4.78 is 18.0. The van der Waals surface area contributed by atoms with Gasteiger partial charge < -0.3 is 10.3 Å². The second-order valence-corrected chi connectivity index (χ2v) is 3.67. The van der Waals surface area contributed by atoms with Crippen LogP contribution in [0.15, 0.2) is 4.52 Å². The second kappa shape index (κ2) is 3.41. The van der Waals surface area contributed by atoms with Crippen molar-refractivity contribution in [2.24, 2.45) is 5.73 Å². The van der Waals surface area contributed by atoms with Crippen molar-refractivity contribution >= 4 is 0 Å². The summed E-state index contributed by atoms with van der Waals surface area (Å²) in [6.07, 6.45) is 0.500. The molecule has 1 heterocycles. The van der Waals surface area contributed by atoms with Crippen LogP contribution in [0.25, 0.3) is 0 Å². The topological polar surface area (TPSA) is 64.9 Å². The highest BCUT2D eigenvalue weighted by molar-refractivity contribution is 4.95. The minimum Gasteiger partial charge on any atom is -0.336 e. The van der Waals surface area contributed by atoms with Crippen LogP contribution < -0.4 is 5.73 Å². The zero-order valence-corrected chi connectivity index (χ0v) is 8.04. The molecule has 0 radical (unpaired) electrons. The van der Waals surface area contributed by atoms with Gasteiger partial charge in [0.15, 0.2) is 11.5 Å². The molecule has 13 heavy (non-hydrogen) atoms. The Labute approximate surface area is 76.3 Å².